The SMILES string of the molecule is C/C=C/c1ccc(-c2c(C(=O)O)ccc(F)c2F)cc1. The van der Waals surface area contributed by atoms with Crippen molar-refractivity contribution in [2.75, 3.05) is 0 Å². The predicted octanol–water partition coefficient (Wildman–Crippen LogP) is 4.36. The highest BCUT2D eigenvalue weighted by molar-refractivity contribution is 5.96. The Balaban J connectivity index is 2.61. The van der Waals surface area contributed by atoms with Crippen LogP contribution in [0.15, 0.2) is 42.5 Å². The van der Waals surface area contributed by atoms with E-state index in [0.29, 0.717) is 5.56 Å². The molecule has 0 radical (unpaired) electrons. The summed E-state index contributed by atoms with van der Waals surface area (Å²) in [7, 11) is 0. The monoisotopic (exact) mass is 274 g/mol. The molecule has 0 aliphatic carbocycles. The maximum Gasteiger partial charge on any atom is 0.336 e. The van der Waals surface area contributed by atoms with Crippen LogP contribution >= 0.6 is 0 Å². The normalized spacial score (nSPS) is 10.9. The van der Waals surface area contributed by atoms with Gasteiger partial charge in [-0.3, -0.25) is 0 Å². The predicted molar refractivity (Wildman–Crippen MR) is 73.5 cm³/mol. The van der Waals surface area contributed by atoms with Crippen LogP contribution in [0.5, 0.6) is 0 Å². The van der Waals surface area contributed by atoms with Crippen molar-refractivity contribution in [3.8, 4) is 11.1 Å². The Morgan fingerprint density at radius 2 is 1.75 bits per heavy atom. The van der Waals surface area contributed by atoms with Crippen LogP contribution in [0.2, 0.25) is 0 Å². The van der Waals surface area contributed by atoms with Gasteiger partial charge in [-0.2, -0.15) is 0 Å². The molecule has 0 unspecified atom stereocenters. The molecule has 0 bridgehead atoms. The van der Waals surface area contributed by atoms with Crippen molar-refractivity contribution < 1.29 is 18.7 Å². The first-order valence-corrected chi connectivity index (χ1v) is 5.99. The van der Waals surface area contributed by atoms with Crippen LogP contribution in [0.1, 0.15) is 22.8 Å². The van der Waals surface area contributed by atoms with E-state index in [1.807, 2.05) is 19.1 Å². The van der Waals surface area contributed by atoms with Crippen molar-refractivity contribution >= 4 is 12.0 Å². The van der Waals surface area contributed by atoms with Gasteiger partial charge in [0.05, 0.1) is 5.56 Å². The number of carbonyl (C=O) groups is 1. The molecule has 0 aromatic heterocycles. The van der Waals surface area contributed by atoms with E-state index in [9.17, 15) is 13.6 Å². The molecule has 2 nitrogen and oxygen atoms in total. The highest BCUT2D eigenvalue weighted by Crippen LogP contribution is 2.29. The molecular formula is C16H12F2O2. The Morgan fingerprint density at radius 1 is 1.10 bits per heavy atom. The fourth-order valence-corrected chi connectivity index (χ4v) is 1.96. The van der Waals surface area contributed by atoms with Gasteiger partial charge in [-0.05, 0) is 30.2 Å². The van der Waals surface area contributed by atoms with E-state index >= 15 is 0 Å². The first-order valence-electron chi connectivity index (χ1n) is 5.99. The van der Waals surface area contributed by atoms with Gasteiger partial charge < -0.3 is 5.11 Å². The van der Waals surface area contributed by atoms with E-state index in [1.165, 1.54) is 0 Å². The molecule has 102 valence electrons. The second-order valence-corrected chi connectivity index (χ2v) is 4.21. The van der Waals surface area contributed by atoms with Gasteiger partial charge in [-0.1, -0.05) is 36.4 Å². The van der Waals surface area contributed by atoms with Gasteiger partial charge in [0.15, 0.2) is 11.6 Å². The summed E-state index contributed by atoms with van der Waals surface area (Å²) in [6.45, 7) is 1.86. The average Bonchev–Trinajstić information content (AvgIpc) is 2.43. The van der Waals surface area contributed by atoms with Crippen LogP contribution < -0.4 is 0 Å². The van der Waals surface area contributed by atoms with Crippen molar-refractivity contribution in [3.05, 3.63) is 65.2 Å². The lowest BCUT2D eigenvalue weighted by Crippen LogP contribution is -2.03. The number of carboxylic acids is 1. The topological polar surface area (TPSA) is 37.3 Å². The average molecular weight is 274 g/mol. The molecule has 20 heavy (non-hydrogen) atoms. The Kier molecular flexibility index (Phi) is 3.94. The molecule has 2 aromatic rings. The third-order valence-corrected chi connectivity index (χ3v) is 2.88. The maximum absolute atomic E-state index is 13.9. The minimum absolute atomic E-state index is 0.232. The number of allylic oxidation sites excluding steroid dienone is 1. The minimum Gasteiger partial charge on any atom is -0.478 e. The molecule has 0 aliphatic heterocycles. The smallest absolute Gasteiger partial charge is 0.336 e. The van der Waals surface area contributed by atoms with Gasteiger partial charge in [0.25, 0.3) is 0 Å². The zero-order chi connectivity index (χ0) is 14.7. The molecule has 0 aliphatic rings. The van der Waals surface area contributed by atoms with Gasteiger partial charge >= 0.3 is 5.97 Å². The third kappa shape index (κ3) is 2.59. The van der Waals surface area contributed by atoms with E-state index in [-0.39, 0.29) is 11.1 Å². The van der Waals surface area contributed by atoms with E-state index in [4.69, 9.17) is 5.11 Å². The third-order valence-electron chi connectivity index (χ3n) is 2.88. The van der Waals surface area contributed by atoms with Crippen molar-refractivity contribution in [1.29, 1.82) is 0 Å². The first kappa shape index (κ1) is 13.9. The molecule has 2 aromatic carbocycles. The summed E-state index contributed by atoms with van der Waals surface area (Å²) >= 11 is 0. The number of rotatable bonds is 3. The summed E-state index contributed by atoms with van der Waals surface area (Å²) in [5, 5.41) is 9.08. The van der Waals surface area contributed by atoms with Gasteiger partial charge in [-0.15, -0.1) is 0 Å². The molecule has 4 heteroatoms. The largest absolute Gasteiger partial charge is 0.478 e. The van der Waals surface area contributed by atoms with Crippen molar-refractivity contribution in [2.24, 2.45) is 0 Å². The fourth-order valence-electron chi connectivity index (χ4n) is 1.96. The lowest BCUT2D eigenvalue weighted by molar-refractivity contribution is 0.0697. The van der Waals surface area contributed by atoms with Crippen LogP contribution in [0.25, 0.3) is 17.2 Å². The maximum atomic E-state index is 13.9. The molecule has 1 N–H and O–H groups in total. The highest BCUT2D eigenvalue weighted by Gasteiger charge is 2.19. The zero-order valence-electron chi connectivity index (χ0n) is 10.7. The number of halogens is 2. The van der Waals surface area contributed by atoms with Gasteiger partial charge in [0.2, 0.25) is 0 Å². The molecule has 0 saturated carbocycles. The van der Waals surface area contributed by atoms with Crippen LogP contribution in [0.4, 0.5) is 8.78 Å². The summed E-state index contributed by atoms with van der Waals surface area (Å²) < 4.78 is 27.2. The van der Waals surface area contributed by atoms with Gasteiger partial charge in [-0.25, -0.2) is 13.6 Å². The summed E-state index contributed by atoms with van der Waals surface area (Å²) in [4.78, 5) is 11.1. The quantitative estimate of drug-likeness (QED) is 0.902. The summed E-state index contributed by atoms with van der Waals surface area (Å²) in [6, 6.07) is 8.45. The van der Waals surface area contributed by atoms with E-state index in [2.05, 4.69) is 0 Å². The molecule has 0 amide bonds. The van der Waals surface area contributed by atoms with Crippen molar-refractivity contribution in [1.82, 2.24) is 0 Å². The second-order valence-electron chi connectivity index (χ2n) is 4.21. The van der Waals surface area contributed by atoms with Gasteiger partial charge in [0.1, 0.15) is 0 Å². The molecule has 0 heterocycles. The van der Waals surface area contributed by atoms with E-state index in [1.54, 1.807) is 24.3 Å². The summed E-state index contributed by atoms with van der Waals surface area (Å²) in [6.07, 6.45) is 3.70. The van der Waals surface area contributed by atoms with E-state index in [0.717, 1.165) is 17.7 Å². The van der Waals surface area contributed by atoms with E-state index < -0.39 is 17.6 Å². The Bertz CT molecular complexity index is 674. The number of hydrogen-bond donors (Lipinski definition) is 1. The molecule has 0 spiro atoms. The van der Waals surface area contributed by atoms with Crippen LogP contribution in [-0.2, 0) is 0 Å². The summed E-state index contributed by atoms with van der Waals surface area (Å²) in [5.41, 5.74) is 0.727. The lowest BCUT2D eigenvalue weighted by atomic mass is 9.97. The van der Waals surface area contributed by atoms with Crippen LogP contribution in [0, 0.1) is 11.6 Å². The fraction of sp³-hybridized carbons (Fsp3) is 0.0625. The standard InChI is InChI=1S/C16H12F2O2/c1-2-3-10-4-6-11(7-5-10)14-12(16(19)20)8-9-13(17)15(14)18/h2-9H,1H3,(H,19,20)/b3-2+. The minimum atomic E-state index is -1.29. The molecule has 0 atom stereocenters. The van der Waals surface area contributed by atoms with Gasteiger partial charge in [0, 0.05) is 5.56 Å². The molecule has 0 fully saturated rings. The number of carboxylic acid groups (broad SMARTS) is 1. The Labute approximate surface area is 115 Å². The zero-order valence-corrected chi connectivity index (χ0v) is 10.7. The summed E-state index contributed by atoms with van der Waals surface area (Å²) in [5.74, 6) is -3.51. The van der Waals surface area contributed by atoms with Crippen LogP contribution in [0.3, 0.4) is 0 Å². The highest BCUT2D eigenvalue weighted by atomic mass is 19.2. The lowest BCUT2D eigenvalue weighted by Gasteiger charge is -2.09. The van der Waals surface area contributed by atoms with Crippen LogP contribution in [-0.4, -0.2) is 11.1 Å². The Morgan fingerprint density at radius 3 is 2.30 bits per heavy atom. The first-order chi connectivity index (χ1) is 9.54. The number of hydrogen-bond acceptors (Lipinski definition) is 1. The molecule has 0 saturated heterocycles. The second kappa shape index (κ2) is 5.65. The number of aromatic carboxylic acids is 1. The molecular weight excluding hydrogens is 262 g/mol. The van der Waals surface area contributed by atoms with Crippen molar-refractivity contribution in [2.45, 2.75) is 6.92 Å². The Hall–Kier alpha value is -2.49. The molecule has 2 rings (SSSR count). The number of benzene rings is 2. The van der Waals surface area contributed by atoms with Crippen molar-refractivity contribution in [3.63, 3.8) is 0 Å².